The number of urea groups is 1. The van der Waals surface area contributed by atoms with Gasteiger partial charge >= 0.3 is 6.03 Å². The molecule has 0 aliphatic carbocycles. The number of nitrogens with zero attached hydrogens (tertiary/aromatic N) is 2. The largest absolute Gasteiger partial charge is 0.340 e. The topological polar surface area (TPSA) is 64.7 Å². The third-order valence-corrected chi connectivity index (χ3v) is 4.85. The molecule has 0 atom stereocenters. The molecule has 1 saturated heterocycles. The maximum Gasteiger partial charge on any atom is 0.319 e. The van der Waals surface area contributed by atoms with E-state index in [1.807, 2.05) is 53.4 Å². The van der Waals surface area contributed by atoms with Crippen molar-refractivity contribution in [3.8, 4) is 0 Å². The van der Waals surface area contributed by atoms with Gasteiger partial charge in [-0.25, -0.2) is 4.79 Å². The van der Waals surface area contributed by atoms with E-state index in [1.165, 1.54) is 5.56 Å². The lowest BCUT2D eigenvalue weighted by molar-refractivity contribution is -0.132. The van der Waals surface area contributed by atoms with Crippen molar-refractivity contribution in [2.45, 2.75) is 6.42 Å². The first kappa shape index (κ1) is 20.6. The molecule has 1 aliphatic heterocycles. The van der Waals surface area contributed by atoms with Gasteiger partial charge in [-0.3, -0.25) is 9.69 Å². The third-order valence-electron chi connectivity index (χ3n) is 4.85. The van der Waals surface area contributed by atoms with Crippen molar-refractivity contribution in [2.75, 3.05) is 44.6 Å². The van der Waals surface area contributed by atoms with Gasteiger partial charge in [-0.2, -0.15) is 0 Å². The van der Waals surface area contributed by atoms with Crippen molar-refractivity contribution in [1.29, 1.82) is 0 Å². The maximum atomic E-state index is 12.4. The second-order valence-electron chi connectivity index (χ2n) is 6.99. The van der Waals surface area contributed by atoms with Gasteiger partial charge in [0, 0.05) is 51.4 Å². The quantitative estimate of drug-likeness (QED) is 0.761. The van der Waals surface area contributed by atoms with Gasteiger partial charge in [0.1, 0.15) is 0 Å². The van der Waals surface area contributed by atoms with Crippen LogP contribution in [0.25, 0.3) is 6.08 Å². The van der Waals surface area contributed by atoms with Crippen LogP contribution in [-0.2, 0) is 4.79 Å². The Morgan fingerprint density at radius 3 is 2.24 bits per heavy atom. The van der Waals surface area contributed by atoms with Gasteiger partial charge in [0.05, 0.1) is 0 Å². The highest BCUT2D eigenvalue weighted by atomic mass is 16.2. The van der Waals surface area contributed by atoms with Crippen molar-refractivity contribution in [1.82, 2.24) is 15.1 Å². The Morgan fingerprint density at radius 1 is 0.897 bits per heavy atom. The van der Waals surface area contributed by atoms with Crippen LogP contribution in [0.15, 0.2) is 66.7 Å². The number of para-hydroxylation sites is 1. The highest BCUT2D eigenvalue weighted by molar-refractivity contribution is 5.89. The average molecular weight is 393 g/mol. The molecule has 3 amide bonds. The van der Waals surface area contributed by atoms with Crippen LogP contribution in [0.2, 0.25) is 0 Å². The van der Waals surface area contributed by atoms with Crippen LogP contribution < -0.4 is 10.6 Å². The second-order valence-corrected chi connectivity index (χ2v) is 6.99. The molecule has 2 aromatic rings. The number of amides is 3. The summed E-state index contributed by atoms with van der Waals surface area (Å²) < 4.78 is 0. The monoisotopic (exact) mass is 392 g/mol. The molecule has 2 N–H and O–H groups in total. The van der Waals surface area contributed by atoms with Crippen molar-refractivity contribution < 1.29 is 9.59 Å². The van der Waals surface area contributed by atoms with E-state index in [2.05, 4.69) is 39.8 Å². The fraction of sp³-hybridized carbons (Fsp3) is 0.304. The van der Waals surface area contributed by atoms with E-state index >= 15 is 0 Å². The molecular weight excluding hydrogens is 364 g/mol. The Bertz CT molecular complexity index is 800. The van der Waals surface area contributed by atoms with Gasteiger partial charge in [-0.1, -0.05) is 60.7 Å². The highest BCUT2D eigenvalue weighted by Crippen LogP contribution is 2.06. The molecule has 6 nitrogen and oxygen atoms in total. The fourth-order valence-corrected chi connectivity index (χ4v) is 3.22. The van der Waals surface area contributed by atoms with E-state index in [9.17, 15) is 9.59 Å². The molecule has 1 fully saturated rings. The summed E-state index contributed by atoms with van der Waals surface area (Å²) in [6.45, 7) is 4.41. The number of anilines is 1. The van der Waals surface area contributed by atoms with E-state index in [4.69, 9.17) is 0 Å². The van der Waals surface area contributed by atoms with E-state index in [1.54, 1.807) is 0 Å². The predicted octanol–water partition coefficient (Wildman–Crippen LogP) is 3.06. The normalized spacial score (nSPS) is 14.7. The summed E-state index contributed by atoms with van der Waals surface area (Å²) in [4.78, 5) is 28.4. The molecule has 0 radical (unpaired) electrons. The molecule has 152 valence electrons. The number of benzene rings is 2. The standard InChI is InChI=1S/C23H28N4O2/c28-22(13-14-24-23(29)25-21-11-5-2-6-12-21)27-18-16-26(17-19-27)15-7-10-20-8-3-1-4-9-20/h1-12H,13-19H2,(H2,24,25,29). The summed E-state index contributed by atoms with van der Waals surface area (Å²) in [5, 5.41) is 5.48. The molecule has 0 aromatic heterocycles. The van der Waals surface area contributed by atoms with E-state index < -0.39 is 0 Å². The minimum atomic E-state index is -0.293. The lowest BCUT2D eigenvalue weighted by Gasteiger charge is -2.34. The number of carbonyl (C=O) groups excluding carboxylic acids is 2. The number of carbonyl (C=O) groups is 2. The minimum Gasteiger partial charge on any atom is -0.340 e. The number of hydrogen-bond acceptors (Lipinski definition) is 3. The van der Waals surface area contributed by atoms with Crippen LogP contribution in [0.4, 0.5) is 10.5 Å². The molecule has 3 rings (SSSR count). The molecule has 6 heteroatoms. The number of rotatable bonds is 7. The van der Waals surface area contributed by atoms with Crippen LogP contribution >= 0.6 is 0 Å². The first-order valence-corrected chi connectivity index (χ1v) is 10.0. The molecule has 29 heavy (non-hydrogen) atoms. The van der Waals surface area contributed by atoms with Crippen LogP contribution in [0.1, 0.15) is 12.0 Å². The molecule has 0 saturated carbocycles. The smallest absolute Gasteiger partial charge is 0.319 e. The summed E-state index contributed by atoms with van der Waals surface area (Å²) in [5.74, 6) is 0.0875. The molecule has 0 spiro atoms. The lowest BCUT2D eigenvalue weighted by Crippen LogP contribution is -2.49. The second kappa shape index (κ2) is 11.0. The minimum absolute atomic E-state index is 0.0875. The molecule has 0 unspecified atom stereocenters. The van der Waals surface area contributed by atoms with E-state index in [-0.39, 0.29) is 11.9 Å². The van der Waals surface area contributed by atoms with Crippen molar-refractivity contribution >= 4 is 23.7 Å². The maximum absolute atomic E-state index is 12.4. The van der Waals surface area contributed by atoms with Crippen LogP contribution in [0, 0.1) is 0 Å². The SMILES string of the molecule is O=C(NCCC(=O)N1CCN(CC=Cc2ccccc2)CC1)Nc1ccccc1. The average Bonchev–Trinajstić information content (AvgIpc) is 2.75. The molecule has 2 aromatic carbocycles. The molecule has 1 heterocycles. The van der Waals surface area contributed by atoms with Crippen LogP contribution in [-0.4, -0.2) is 61.0 Å². The first-order valence-electron chi connectivity index (χ1n) is 10.0. The Kier molecular flexibility index (Phi) is 7.83. The zero-order valence-corrected chi connectivity index (χ0v) is 16.6. The molecular formula is C23H28N4O2. The Labute approximate surface area is 172 Å². The van der Waals surface area contributed by atoms with Gasteiger partial charge in [-0.15, -0.1) is 0 Å². The van der Waals surface area contributed by atoms with Crippen LogP contribution in [0.3, 0.4) is 0 Å². The Morgan fingerprint density at radius 2 is 1.55 bits per heavy atom. The summed E-state index contributed by atoms with van der Waals surface area (Å²) in [5.41, 5.74) is 1.93. The van der Waals surface area contributed by atoms with E-state index in [0.29, 0.717) is 13.0 Å². The highest BCUT2D eigenvalue weighted by Gasteiger charge is 2.20. The fourth-order valence-electron chi connectivity index (χ4n) is 3.22. The van der Waals surface area contributed by atoms with Gasteiger partial charge in [0.2, 0.25) is 5.91 Å². The number of hydrogen-bond donors (Lipinski definition) is 2. The Hall–Kier alpha value is -3.12. The van der Waals surface area contributed by atoms with Gasteiger partial charge in [0.15, 0.2) is 0 Å². The number of piperazine rings is 1. The van der Waals surface area contributed by atoms with E-state index in [0.717, 1.165) is 38.4 Å². The summed E-state index contributed by atoms with van der Waals surface area (Å²) >= 11 is 0. The van der Waals surface area contributed by atoms with Gasteiger partial charge in [-0.05, 0) is 17.7 Å². The predicted molar refractivity (Wildman–Crippen MR) is 117 cm³/mol. The summed E-state index contributed by atoms with van der Waals surface area (Å²) in [6.07, 6.45) is 4.61. The first-order chi connectivity index (χ1) is 14.2. The van der Waals surface area contributed by atoms with Crippen molar-refractivity contribution in [3.63, 3.8) is 0 Å². The summed E-state index contributed by atoms with van der Waals surface area (Å²) in [7, 11) is 0. The zero-order valence-electron chi connectivity index (χ0n) is 16.6. The number of nitrogens with one attached hydrogen (secondary N) is 2. The summed E-state index contributed by atoms with van der Waals surface area (Å²) in [6, 6.07) is 19.2. The van der Waals surface area contributed by atoms with Gasteiger partial charge < -0.3 is 15.5 Å². The molecule has 1 aliphatic rings. The Balaban J connectivity index is 1.30. The lowest BCUT2D eigenvalue weighted by atomic mass is 10.2. The van der Waals surface area contributed by atoms with Crippen molar-refractivity contribution in [2.24, 2.45) is 0 Å². The van der Waals surface area contributed by atoms with Gasteiger partial charge in [0.25, 0.3) is 0 Å². The van der Waals surface area contributed by atoms with Crippen LogP contribution in [0.5, 0.6) is 0 Å². The zero-order chi connectivity index (χ0) is 20.3. The third kappa shape index (κ3) is 7.08. The van der Waals surface area contributed by atoms with Crippen molar-refractivity contribution in [3.05, 3.63) is 72.3 Å². The molecule has 0 bridgehead atoms.